The lowest BCUT2D eigenvalue weighted by atomic mass is 10.0. The zero-order valence-corrected chi connectivity index (χ0v) is 12.6. The molecule has 2 amide bonds. The Balaban J connectivity index is 1.85. The third-order valence-electron chi connectivity index (χ3n) is 3.80. The first-order valence-corrected chi connectivity index (χ1v) is 7.51. The summed E-state index contributed by atoms with van der Waals surface area (Å²) in [5.41, 5.74) is 0.510. The lowest BCUT2D eigenvalue weighted by molar-refractivity contribution is -0.151. The van der Waals surface area contributed by atoms with Crippen LogP contribution in [0.5, 0.6) is 0 Å². The minimum atomic E-state index is -1.02. The van der Waals surface area contributed by atoms with Gasteiger partial charge in [-0.25, -0.2) is 9.18 Å². The molecule has 1 fully saturated rings. The largest absolute Gasteiger partial charge is 0.480 e. The summed E-state index contributed by atoms with van der Waals surface area (Å²) >= 11 is 0. The number of amides is 2. The molecule has 0 bridgehead atoms. The number of carbonyl (C=O) groups is 3. The quantitative estimate of drug-likeness (QED) is 0.845. The van der Waals surface area contributed by atoms with Crippen molar-refractivity contribution in [2.24, 2.45) is 0 Å². The molecule has 0 radical (unpaired) electrons. The van der Waals surface area contributed by atoms with E-state index in [-0.39, 0.29) is 13.0 Å². The van der Waals surface area contributed by atoms with Gasteiger partial charge in [0.2, 0.25) is 11.8 Å². The number of hydrogen-bond acceptors (Lipinski definition) is 3. The smallest absolute Gasteiger partial charge is 0.326 e. The summed E-state index contributed by atoms with van der Waals surface area (Å²) in [4.78, 5) is 36.4. The molecular formula is C16H19FN2O4. The lowest BCUT2D eigenvalue weighted by Crippen LogP contribution is -2.51. The molecule has 1 heterocycles. The summed E-state index contributed by atoms with van der Waals surface area (Å²) < 4.78 is 13.0. The molecule has 1 atom stereocenters. The standard InChI is InChI=1S/C16H19FN2O4/c17-12-5-3-4-11(8-12)9-14(20)18-10-15(21)19-7-2-1-6-13(19)16(22)23/h3-5,8,13H,1-2,6-7,9-10H2,(H,18,20)(H,22,23). The molecule has 0 saturated carbocycles. The number of carbonyl (C=O) groups excluding carboxylic acids is 2. The molecule has 1 aromatic carbocycles. The van der Waals surface area contributed by atoms with E-state index in [2.05, 4.69) is 5.32 Å². The summed E-state index contributed by atoms with van der Waals surface area (Å²) in [6.45, 7) is 0.132. The number of nitrogens with one attached hydrogen (secondary N) is 1. The van der Waals surface area contributed by atoms with E-state index in [0.717, 1.165) is 12.8 Å². The second kappa shape index (κ2) is 7.71. The predicted molar refractivity (Wildman–Crippen MR) is 80.1 cm³/mol. The summed E-state index contributed by atoms with van der Waals surface area (Å²) in [5, 5.41) is 11.6. The Bertz CT molecular complexity index is 605. The van der Waals surface area contributed by atoms with Gasteiger partial charge in [0.25, 0.3) is 0 Å². The molecule has 1 aliphatic heterocycles. The van der Waals surface area contributed by atoms with E-state index in [1.807, 2.05) is 0 Å². The molecule has 1 aliphatic rings. The Morgan fingerprint density at radius 2 is 2.09 bits per heavy atom. The van der Waals surface area contributed by atoms with Crippen LogP contribution in [0.1, 0.15) is 24.8 Å². The number of rotatable bonds is 5. The van der Waals surface area contributed by atoms with Crippen molar-refractivity contribution < 1.29 is 23.9 Å². The van der Waals surface area contributed by atoms with Gasteiger partial charge in [-0.1, -0.05) is 12.1 Å². The molecule has 1 aromatic rings. The van der Waals surface area contributed by atoms with Gasteiger partial charge in [-0.2, -0.15) is 0 Å². The molecule has 2 N–H and O–H groups in total. The van der Waals surface area contributed by atoms with Crippen LogP contribution < -0.4 is 5.32 Å². The Kier molecular flexibility index (Phi) is 5.67. The van der Waals surface area contributed by atoms with Crippen LogP contribution in [0.4, 0.5) is 4.39 Å². The molecule has 7 heteroatoms. The maximum absolute atomic E-state index is 13.0. The Labute approximate surface area is 133 Å². The number of aliphatic carboxylic acids is 1. The van der Waals surface area contributed by atoms with Crippen LogP contribution in [0.25, 0.3) is 0 Å². The number of piperidine rings is 1. The molecular weight excluding hydrogens is 303 g/mol. The van der Waals surface area contributed by atoms with Gasteiger partial charge < -0.3 is 15.3 Å². The van der Waals surface area contributed by atoms with Crippen molar-refractivity contribution in [3.05, 3.63) is 35.6 Å². The molecule has 0 spiro atoms. The van der Waals surface area contributed by atoms with Crippen molar-refractivity contribution in [3.8, 4) is 0 Å². The average Bonchev–Trinajstić information content (AvgIpc) is 2.52. The van der Waals surface area contributed by atoms with Crippen molar-refractivity contribution in [1.29, 1.82) is 0 Å². The summed E-state index contributed by atoms with van der Waals surface area (Å²) in [6, 6.07) is 4.85. The number of benzene rings is 1. The van der Waals surface area contributed by atoms with Crippen molar-refractivity contribution in [1.82, 2.24) is 10.2 Å². The fraction of sp³-hybridized carbons (Fsp3) is 0.438. The SMILES string of the molecule is O=C(Cc1cccc(F)c1)NCC(=O)N1CCCCC1C(=O)O. The van der Waals surface area contributed by atoms with Gasteiger partial charge >= 0.3 is 5.97 Å². The first-order chi connectivity index (χ1) is 11.0. The van der Waals surface area contributed by atoms with Crippen LogP contribution in [0.2, 0.25) is 0 Å². The fourth-order valence-corrected chi connectivity index (χ4v) is 2.66. The lowest BCUT2D eigenvalue weighted by Gasteiger charge is -2.33. The van der Waals surface area contributed by atoms with Crippen LogP contribution in [-0.2, 0) is 20.8 Å². The topological polar surface area (TPSA) is 86.7 Å². The number of carboxylic acid groups (broad SMARTS) is 1. The van der Waals surface area contributed by atoms with Gasteiger partial charge in [0, 0.05) is 6.54 Å². The highest BCUT2D eigenvalue weighted by Gasteiger charge is 2.31. The number of carboxylic acids is 1. The fourth-order valence-electron chi connectivity index (χ4n) is 2.66. The average molecular weight is 322 g/mol. The van der Waals surface area contributed by atoms with Crippen LogP contribution in [0.3, 0.4) is 0 Å². The van der Waals surface area contributed by atoms with E-state index in [1.165, 1.54) is 23.1 Å². The van der Waals surface area contributed by atoms with Gasteiger partial charge in [-0.15, -0.1) is 0 Å². The highest BCUT2D eigenvalue weighted by molar-refractivity contribution is 5.88. The zero-order chi connectivity index (χ0) is 16.8. The van der Waals surface area contributed by atoms with Gasteiger partial charge in [-0.05, 0) is 37.0 Å². The minimum Gasteiger partial charge on any atom is -0.480 e. The van der Waals surface area contributed by atoms with E-state index in [4.69, 9.17) is 5.11 Å². The summed E-state index contributed by atoms with van der Waals surface area (Å²) in [7, 11) is 0. The van der Waals surface area contributed by atoms with Gasteiger partial charge in [0.15, 0.2) is 0 Å². The third-order valence-corrected chi connectivity index (χ3v) is 3.80. The molecule has 23 heavy (non-hydrogen) atoms. The van der Waals surface area contributed by atoms with E-state index in [1.54, 1.807) is 6.07 Å². The van der Waals surface area contributed by atoms with Gasteiger partial charge in [0.05, 0.1) is 13.0 Å². The van der Waals surface area contributed by atoms with Crippen LogP contribution in [0, 0.1) is 5.82 Å². The molecule has 1 unspecified atom stereocenters. The maximum Gasteiger partial charge on any atom is 0.326 e. The zero-order valence-electron chi connectivity index (χ0n) is 12.6. The monoisotopic (exact) mass is 322 g/mol. The summed E-state index contributed by atoms with van der Waals surface area (Å²) in [5.74, 6) is -2.27. The van der Waals surface area contributed by atoms with E-state index >= 15 is 0 Å². The Morgan fingerprint density at radius 1 is 1.30 bits per heavy atom. The number of nitrogens with zero attached hydrogens (tertiary/aromatic N) is 1. The predicted octanol–water partition coefficient (Wildman–Crippen LogP) is 0.950. The number of halogens is 1. The van der Waals surface area contributed by atoms with Crippen molar-refractivity contribution in [2.45, 2.75) is 31.7 Å². The second-order valence-electron chi connectivity index (χ2n) is 5.52. The molecule has 6 nitrogen and oxygen atoms in total. The number of likely N-dealkylation sites (tertiary alicyclic amines) is 1. The highest BCUT2D eigenvalue weighted by Crippen LogP contribution is 2.17. The van der Waals surface area contributed by atoms with Crippen LogP contribution in [0.15, 0.2) is 24.3 Å². The molecule has 0 aliphatic carbocycles. The first kappa shape index (κ1) is 16.9. The second-order valence-corrected chi connectivity index (χ2v) is 5.52. The van der Waals surface area contributed by atoms with Crippen molar-refractivity contribution in [2.75, 3.05) is 13.1 Å². The minimum absolute atomic E-state index is 0.0343. The Morgan fingerprint density at radius 3 is 2.78 bits per heavy atom. The van der Waals surface area contributed by atoms with Gasteiger partial charge in [-0.3, -0.25) is 9.59 Å². The highest BCUT2D eigenvalue weighted by atomic mass is 19.1. The molecule has 0 aromatic heterocycles. The molecule has 1 saturated heterocycles. The van der Waals surface area contributed by atoms with E-state index in [0.29, 0.717) is 18.5 Å². The van der Waals surface area contributed by atoms with Crippen LogP contribution >= 0.6 is 0 Å². The number of hydrogen-bond donors (Lipinski definition) is 2. The third kappa shape index (κ3) is 4.77. The van der Waals surface area contributed by atoms with Crippen molar-refractivity contribution >= 4 is 17.8 Å². The van der Waals surface area contributed by atoms with E-state index < -0.39 is 29.6 Å². The van der Waals surface area contributed by atoms with E-state index in [9.17, 15) is 18.8 Å². The van der Waals surface area contributed by atoms with Crippen molar-refractivity contribution in [3.63, 3.8) is 0 Å². The van der Waals surface area contributed by atoms with Gasteiger partial charge in [0.1, 0.15) is 11.9 Å². The molecule has 124 valence electrons. The maximum atomic E-state index is 13.0. The first-order valence-electron chi connectivity index (χ1n) is 7.51. The Hall–Kier alpha value is -2.44. The summed E-state index contributed by atoms with van der Waals surface area (Å²) in [6.07, 6.45) is 1.92. The molecule has 2 rings (SSSR count). The van der Waals surface area contributed by atoms with Crippen LogP contribution in [-0.4, -0.2) is 46.9 Å². The normalized spacial score (nSPS) is 17.6.